The number of aliphatic hydroxyl groups excluding tert-OH is 2. The first-order valence-electron chi connectivity index (χ1n) is 30.6. The second-order valence-corrected chi connectivity index (χ2v) is 26.4. The number of rotatable bonds is 15. The van der Waals surface area contributed by atoms with Gasteiger partial charge in [0, 0.05) is 49.3 Å². The summed E-state index contributed by atoms with van der Waals surface area (Å²) in [6.07, 6.45) is 1.10. The van der Waals surface area contributed by atoms with Gasteiger partial charge in [-0.25, -0.2) is 0 Å². The fourth-order valence-electron chi connectivity index (χ4n) is 10.7. The third-order valence-corrected chi connectivity index (χ3v) is 16.1. The zero-order valence-electron chi connectivity index (χ0n) is 56.4. The molecule has 1 fully saturated rings. The Hall–Kier alpha value is -6.17. The number of carbonyl (C=O) groups excluding carboxylic acids is 11. The van der Waals surface area contributed by atoms with Gasteiger partial charge in [-0.15, -0.1) is 0 Å². The molecule has 0 aliphatic carbocycles. The van der Waals surface area contributed by atoms with Crippen LogP contribution in [0.25, 0.3) is 0 Å². The van der Waals surface area contributed by atoms with Crippen LogP contribution in [0.4, 0.5) is 0 Å². The number of carbonyl (C=O) groups is 11. The molecule has 1 saturated heterocycles. The zero-order chi connectivity index (χ0) is 66.8. The van der Waals surface area contributed by atoms with Gasteiger partial charge in [0.25, 0.3) is 0 Å². The molecule has 492 valence electrons. The summed E-state index contributed by atoms with van der Waals surface area (Å²) in [7, 11) is 9.62. The highest BCUT2D eigenvalue weighted by Crippen LogP contribution is 2.26. The van der Waals surface area contributed by atoms with Crippen LogP contribution in [0.3, 0.4) is 0 Å². The Bertz CT molecular complexity index is 2360. The quantitative estimate of drug-likeness (QED) is 0.129. The van der Waals surface area contributed by atoms with Crippen molar-refractivity contribution in [2.45, 2.75) is 222 Å². The first kappa shape index (κ1) is 77.8. The minimum atomic E-state index is -1.74. The van der Waals surface area contributed by atoms with Gasteiger partial charge < -0.3 is 65.8 Å². The molecule has 24 heteroatoms. The Balaban J connectivity index is 4.37. The molecule has 1 heterocycles. The molecule has 0 unspecified atom stereocenters. The van der Waals surface area contributed by atoms with E-state index in [-0.39, 0.29) is 55.8 Å². The van der Waals surface area contributed by atoms with E-state index >= 15 is 9.59 Å². The van der Waals surface area contributed by atoms with Gasteiger partial charge in [0.05, 0.1) is 18.8 Å². The van der Waals surface area contributed by atoms with Crippen LogP contribution in [0.5, 0.6) is 0 Å². The standard InChI is InChI=1S/C62H111N11O13/c1-25-26-27-39(14)52(76)51-56(80)66-49(42(17)74)60(84)67(18)32-47(75)68(19)43(28-33(2)3)55(79)65-48(37(10)11)61(85)69(20)44(29-34(4)5)54(78)63-40(15)53(77)64-41(16)57(81)70(21)45(30-35(6)7)58(82)71(22)46(31-36(8)9)59(83)72(23)50(38(12)13)62(86)73(51)24/h25-26,33-46,48-52,74,76H,27-32H2,1-24H3,(H,63,78)(H,64,77)(H,65,79)(H,66,80)/b26-25+/t39-,40+,41-,42-,43+,44+,45+,46+,48+,49+,50-,51+,52-/m1/s1. The molecular formula is C62H111N11O13. The molecular weight excluding hydrogens is 1110 g/mol. The lowest BCUT2D eigenvalue weighted by Crippen LogP contribution is -2.64. The van der Waals surface area contributed by atoms with E-state index in [4.69, 9.17) is 0 Å². The van der Waals surface area contributed by atoms with Gasteiger partial charge in [0.15, 0.2) is 0 Å². The number of aliphatic hydroxyl groups is 2. The predicted molar refractivity (Wildman–Crippen MR) is 330 cm³/mol. The number of hydrogen-bond donors (Lipinski definition) is 6. The lowest BCUT2D eigenvalue weighted by molar-refractivity contribution is -0.157. The molecule has 0 bridgehead atoms. The van der Waals surface area contributed by atoms with Crippen molar-refractivity contribution in [3.8, 4) is 0 Å². The van der Waals surface area contributed by atoms with Crippen LogP contribution in [0.1, 0.15) is 150 Å². The van der Waals surface area contributed by atoms with E-state index < -0.39 is 162 Å². The Labute approximate surface area is 513 Å². The van der Waals surface area contributed by atoms with E-state index in [2.05, 4.69) is 21.3 Å². The van der Waals surface area contributed by atoms with Gasteiger partial charge >= 0.3 is 0 Å². The number of amides is 11. The van der Waals surface area contributed by atoms with E-state index in [0.29, 0.717) is 0 Å². The van der Waals surface area contributed by atoms with Crippen molar-refractivity contribution in [2.75, 3.05) is 55.9 Å². The van der Waals surface area contributed by atoms with Gasteiger partial charge in [-0.2, -0.15) is 0 Å². The number of hydrogen-bond acceptors (Lipinski definition) is 13. The van der Waals surface area contributed by atoms with Crippen LogP contribution in [0.2, 0.25) is 0 Å². The Morgan fingerprint density at radius 2 is 0.826 bits per heavy atom. The largest absolute Gasteiger partial charge is 0.391 e. The summed E-state index contributed by atoms with van der Waals surface area (Å²) < 4.78 is 0. The number of nitrogens with zero attached hydrogens (tertiary/aromatic N) is 7. The molecule has 0 aromatic rings. The summed E-state index contributed by atoms with van der Waals surface area (Å²) >= 11 is 0. The minimum Gasteiger partial charge on any atom is -0.391 e. The molecule has 0 spiro atoms. The molecule has 0 saturated carbocycles. The van der Waals surface area contributed by atoms with E-state index in [1.54, 1.807) is 53.7 Å². The average molecular weight is 1220 g/mol. The normalized spacial score (nSPS) is 27.1. The molecule has 0 aromatic heterocycles. The molecule has 13 atom stereocenters. The lowest BCUT2D eigenvalue weighted by atomic mass is 9.91. The maximum Gasteiger partial charge on any atom is 0.248 e. The highest BCUT2D eigenvalue weighted by Gasteiger charge is 2.46. The third-order valence-electron chi connectivity index (χ3n) is 16.1. The fraction of sp³-hybridized carbons (Fsp3) is 0.790. The summed E-state index contributed by atoms with van der Waals surface area (Å²) in [5, 5.41) is 34.0. The monoisotopic (exact) mass is 1220 g/mol. The second-order valence-electron chi connectivity index (χ2n) is 26.4. The van der Waals surface area contributed by atoms with Crippen molar-refractivity contribution in [3.05, 3.63) is 12.2 Å². The fourth-order valence-corrected chi connectivity index (χ4v) is 10.7. The summed E-state index contributed by atoms with van der Waals surface area (Å²) in [5.74, 6) is -10.7. The number of nitrogens with one attached hydrogen (secondary N) is 4. The van der Waals surface area contributed by atoms with Crippen LogP contribution in [0.15, 0.2) is 12.2 Å². The van der Waals surface area contributed by atoms with Crippen molar-refractivity contribution in [3.63, 3.8) is 0 Å². The zero-order valence-corrected chi connectivity index (χ0v) is 56.4. The number of allylic oxidation sites excluding steroid dienone is 2. The van der Waals surface area contributed by atoms with Gasteiger partial charge in [-0.05, 0) is 101 Å². The molecule has 1 aliphatic heterocycles. The van der Waals surface area contributed by atoms with Crippen molar-refractivity contribution in [1.82, 2.24) is 55.6 Å². The van der Waals surface area contributed by atoms with Crippen LogP contribution in [-0.4, -0.2) is 238 Å². The third kappa shape index (κ3) is 21.6. The van der Waals surface area contributed by atoms with Crippen molar-refractivity contribution in [1.29, 1.82) is 0 Å². The Morgan fingerprint density at radius 1 is 0.430 bits per heavy atom. The van der Waals surface area contributed by atoms with Gasteiger partial charge in [0.1, 0.15) is 60.4 Å². The maximum absolute atomic E-state index is 15.1. The first-order valence-corrected chi connectivity index (χ1v) is 30.6. The van der Waals surface area contributed by atoms with Crippen molar-refractivity contribution in [2.24, 2.45) is 41.4 Å². The van der Waals surface area contributed by atoms with E-state index in [1.165, 1.54) is 89.7 Å². The predicted octanol–water partition coefficient (Wildman–Crippen LogP) is 2.24. The molecule has 11 amide bonds. The Morgan fingerprint density at radius 3 is 1.27 bits per heavy atom. The van der Waals surface area contributed by atoms with E-state index in [9.17, 15) is 53.4 Å². The van der Waals surface area contributed by atoms with Crippen molar-refractivity contribution < 1.29 is 63.0 Å². The molecule has 1 aliphatic rings. The van der Waals surface area contributed by atoms with E-state index in [1.807, 2.05) is 55.4 Å². The second kappa shape index (κ2) is 35.0. The molecule has 1 rings (SSSR count). The SMILES string of the molecule is C/C=C/C[C@@H](C)[C@@H](O)[C@H]1C(=O)N[C@@H]([C@@H](C)O)C(=O)N(C)CC(=O)N(C)[C@@H](CC(C)C)C(=O)N[C@@H](C(C)C)C(=O)N(C)[C@@H](CC(C)C)C(=O)N[C@@H](C)C(=O)N[C@H](C)C(=O)N(C)[C@@H](CC(C)C)C(=O)N(C)[C@@H](CC(C)C)C(=O)N(C)[C@H](C(C)C)C(=O)N1C. The number of likely N-dealkylation sites (N-methyl/N-ethyl adjacent to an activating group) is 7. The van der Waals surface area contributed by atoms with Gasteiger partial charge in [0.2, 0.25) is 65.0 Å². The van der Waals surface area contributed by atoms with E-state index in [0.717, 1.165) is 14.7 Å². The molecule has 6 N–H and O–H groups in total. The molecule has 0 radical (unpaired) electrons. The summed E-state index contributed by atoms with van der Waals surface area (Å²) in [4.78, 5) is 168. The molecule has 24 nitrogen and oxygen atoms in total. The Kier molecular flexibility index (Phi) is 31.7. The highest BCUT2D eigenvalue weighted by molar-refractivity contribution is 5.99. The summed E-state index contributed by atoms with van der Waals surface area (Å²) in [6.45, 7) is 28.5. The average Bonchev–Trinajstić information content (AvgIpc) is 2.16. The highest BCUT2D eigenvalue weighted by atomic mass is 16.3. The van der Waals surface area contributed by atoms with Gasteiger partial charge in [-0.1, -0.05) is 102 Å². The van der Waals surface area contributed by atoms with Crippen LogP contribution < -0.4 is 21.3 Å². The van der Waals surface area contributed by atoms with Crippen molar-refractivity contribution >= 4 is 65.0 Å². The maximum atomic E-state index is 15.1. The topological polar surface area (TPSA) is 299 Å². The van der Waals surface area contributed by atoms with Crippen LogP contribution >= 0.6 is 0 Å². The minimum absolute atomic E-state index is 0.113. The van der Waals surface area contributed by atoms with Crippen LogP contribution in [-0.2, 0) is 52.7 Å². The summed E-state index contributed by atoms with van der Waals surface area (Å²) in [5.41, 5.74) is 0. The molecule has 0 aromatic carbocycles. The first-order chi connectivity index (χ1) is 39.6. The molecule has 86 heavy (non-hydrogen) atoms. The smallest absolute Gasteiger partial charge is 0.248 e. The lowest BCUT2D eigenvalue weighted by Gasteiger charge is -2.41. The van der Waals surface area contributed by atoms with Crippen LogP contribution in [0, 0.1) is 41.4 Å². The van der Waals surface area contributed by atoms with Gasteiger partial charge in [-0.3, -0.25) is 52.7 Å². The summed E-state index contributed by atoms with van der Waals surface area (Å²) in [6, 6.07) is -13.2.